The molecule has 1 aliphatic carbocycles. The van der Waals surface area contributed by atoms with Gasteiger partial charge in [-0.1, -0.05) is 19.1 Å². The van der Waals surface area contributed by atoms with E-state index in [4.69, 9.17) is 0 Å². The molecule has 33 heavy (non-hydrogen) atoms. The van der Waals surface area contributed by atoms with Gasteiger partial charge in [0.25, 0.3) is 0 Å². The summed E-state index contributed by atoms with van der Waals surface area (Å²) in [6.07, 6.45) is 10.2. The van der Waals surface area contributed by atoms with Gasteiger partial charge in [0.15, 0.2) is 5.65 Å². The summed E-state index contributed by atoms with van der Waals surface area (Å²) in [6, 6.07) is 16.1. The Morgan fingerprint density at radius 1 is 1.09 bits per heavy atom. The summed E-state index contributed by atoms with van der Waals surface area (Å²) in [5.41, 5.74) is 5.67. The summed E-state index contributed by atoms with van der Waals surface area (Å²) in [5, 5.41) is 3.49. The molecule has 1 aliphatic rings. The third kappa shape index (κ3) is 4.33. The number of hydrogen-bond donors (Lipinski definition) is 2. The molecule has 0 aliphatic heterocycles. The zero-order valence-electron chi connectivity index (χ0n) is 18.8. The van der Waals surface area contributed by atoms with E-state index >= 15 is 0 Å². The largest absolute Gasteiger partial charge is 0.352 e. The van der Waals surface area contributed by atoms with Crippen LogP contribution in [-0.4, -0.2) is 20.2 Å². The molecule has 0 radical (unpaired) electrons. The molecule has 0 bridgehead atoms. The molecule has 6 nitrogen and oxygen atoms in total. The molecule has 3 aromatic heterocycles. The Morgan fingerprint density at radius 2 is 1.88 bits per heavy atom. The number of H-pyrrole nitrogens is 1. The lowest BCUT2D eigenvalue weighted by molar-refractivity contribution is -0.123. The average molecular weight is 441 g/mol. The lowest BCUT2D eigenvalue weighted by Crippen LogP contribution is -2.20. The molecule has 2 N–H and O–H groups in total. The van der Waals surface area contributed by atoms with Crippen LogP contribution in [0.3, 0.4) is 0 Å². The average Bonchev–Trinajstić information content (AvgIpc) is 3.35. The third-order valence-electron chi connectivity index (χ3n) is 6.81. The number of aromatic nitrogens is 3. The van der Waals surface area contributed by atoms with E-state index in [0.717, 1.165) is 54.0 Å². The fourth-order valence-corrected chi connectivity index (χ4v) is 4.98. The smallest absolute Gasteiger partial charge is 0.248 e. The van der Waals surface area contributed by atoms with Crippen LogP contribution in [-0.2, 0) is 4.79 Å². The van der Waals surface area contributed by atoms with Crippen LogP contribution in [0.5, 0.6) is 0 Å². The van der Waals surface area contributed by atoms with E-state index in [9.17, 15) is 9.59 Å². The number of carbonyl (C=O) groups excluding carboxylic acids is 1. The van der Waals surface area contributed by atoms with Crippen LogP contribution < -0.4 is 10.9 Å². The first-order chi connectivity index (χ1) is 16.1. The molecule has 1 saturated carbocycles. The number of benzene rings is 1. The van der Waals surface area contributed by atoms with Gasteiger partial charge in [0.05, 0.1) is 11.4 Å². The Morgan fingerprint density at radius 3 is 2.61 bits per heavy atom. The molecule has 1 aromatic carbocycles. The van der Waals surface area contributed by atoms with Crippen LogP contribution in [0.2, 0.25) is 0 Å². The van der Waals surface area contributed by atoms with E-state index in [1.165, 1.54) is 5.56 Å². The minimum atomic E-state index is -0.131. The summed E-state index contributed by atoms with van der Waals surface area (Å²) in [7, 11) is 0. The highest BCUT2D eigenvalue weighted by molar-refractivity contribution is 5.81. The van der Waals surface area contributed by atoms with Crippen molar-refractivity contribution in [1.29, 1.82) is 0 Å². The summed E-state index contributed by atoms with van der Waals surface area (Å²) in [5.74, 6) is 1.22. The van der Waals surface area contributed by atoms with Crippen LogP contribution in [0.15, 0.2) is 71.9 Å². The lowest BCUT2D eigenvalue weighted by atomic mass is 9.77. The van der Waals surface area contributed by atoms with Gasteiger partial charge in [-0.25, -0.2) is 4.98 Å². The highest BCUT2D eigenvalue weighted by Crippen LogP contribution is 2.37. The number of carbonyl (C=O) groups is 1. The number of fused-ring (bicyclic) bond motifs is 1. The fraction of sp³-hybridized carbons (Fsp3) is 0.296. The van der Waals surface area contributed by atoms with Gasteiger partial charge in [0, 0.05) is 48.2 Å². The first kappa shape index (κ1) is 21.2. The second-order valence-electron chi connectivity index (χ2n) is 8.81. The normalized spacial score (nSPS) is 18.3. The first-order valence-electron chi connectivity index (χ1n) is 11.7. The number of Topliss-reactive ketones (excluding diaryl/α,β-unsaturated/α-hetero) is 1. The Labute approximate surface area is 192 Å². The standard InChI is InChI=1S/C27H28N4O2/c1-2-25(32)20-5-3-18(4-6-20)19-7-9-22(10-8-19)30-23-11-12-24(31-16-15-29-27(23)31)21-13-14-28-26(33)17-21/h7-18,20,30H,2-6H2,1H3,(H,28,33). The number of imidazole rings is 1. The number of rotatable bonds is 6. The topological polar surface area (TPSA) is 79.3 Å². The van der Waals surface area contributed by atoms with E-state index < -0.39 is 0 Å². The molecule has 0 amide bonds. The first-order valence-corrected chi connectivity index (χ1v) is 11.7. The van der Waals surface area contributed by atoms with Crippen molar-refractivity contribution in [2.45, 2.75) is 44.9 Å². The molecular weight excluding hydrogens is 412 g/mol. The lowest BCUT2D eigenvalue weighted by Gasteiger charge is -2.28. The summed E-state index contributed by atoms with van der Waals surface area (Å²) < 4.78 is 1.99. The van der Waals surface area contributed by atoms with E-state index in [1.54, 1.807) is 18.5 Å². The molecule has 168 valence electrons. The number of nitrogens with zero attached hydrogens (tertiary/aromatic N) is 2. The van der Waals surface area contributed by atoms with E-state index in [0.29, 0.717) is 18.1 Å². The summed E-state index contributed by atoms with van der Waals surface area (Å²) in [4.78, 5) is 30.9. The van der Waals surface area contributed by atoms with Crippen molar-refractivity contribution in [3.8, 4) is 11.3 Å². The van der Waals surface area contributed by atoms with Gasteiger partial charge in [0.1, 0.15) is 5.78 Å². The maximum absolute atomic E-state index is 12.0. The second kappa shape index (κ2) is 9.06. The van der Waals surface area contributed by atoms with Gasteiger partial charge in [0.2, 0.25) is 5.56 Å². The highest BCUT2D eigenvalue weighted by atomic mass is 16.1. The van der Waals surface area contributed by atoms with Crippen molar-refractivity contribution in [1.82, 2.24) is 14.4 Å². The van der Waals surface area contributed by atoms with E-state index in [2.05, 4.69) is 39.6 Å². The monoisotopic (exact) mass is 440 g/mol. The molecule has 0 spiro atoms. The molecule has 3 heterocycles. The van der Waals surface area contributed by atoms with Crippen LogP contribution >= 0.6 is 0 Å². The van der Waals surface area contributed by atoms with Crippen LogP contribution in [0.4, 0.5) is 11.4 Å². The minimum Gasteiger partial charge on any atom is -0.352 e. The van der Waals surface area contributed by atoms with Crippen molar-refractivity contribution in [3.05, 3.63) is 83.0 Å². The zero-order valence-corrected chi connectivity index (χ0v) is 18.8. The molecule has 0 atom stereocenters. The van der Waals surface area contributed by atoms with Crippen molar-refractivity contribution >= 4 is 22.8 Å². The Balaban J connectivity index is 1.33. The number of ketones is 1. The van der Waals surface area contributed by atoms with Crippen LogP contribution in [0.25, 0.3) is 16.9 Å². The maximum atomic E-state index is 12.0. The zero-order chi connectivity index (χ0) is 22.8. The van der Waals surface area contributed by atoms with E-state index in [1.807, 2.05) is 35.7 Å². The SMILES string of the molecule is CCC(=O)C1CCC(c2ccc(Nc3ccc(-c4cc[nH]c(=O)c4)n4ccnc34)cc2)CC1. The van der Waals surface area contributed by atoms with Crippen molar-refractivity contribution in [2.75, 3.05) is 5.32 Å². The molecule has 1 fully saturated rings. The highest BCUT2D eigenvalue weighted by Gasteiger charge is 2.25. The van der Waals surface area contributed by atoms with Gasteiger partial charge >= 0.3 is 0 Å². The van der Waals surface area contributed by atoms with Gasteiger partial charge in [-0.05, 0) is 67.5 Å². The fourth-order valence-electron chi connectivity index (χ4n) is 4.98. The second-order valence-corrected chi connectivity index (χ2v) is 8.81. The molecule has 0 unspecified atom stereocenters. The predicted octanol–water partition coefficient (Wildman–Crippen LogP) is 5.69. The Hall–Kier alpha value is -3.67. The summed E-state index contributed by atoms with van der Waals surface area (Å²) in [6.45, 7) is 1.97. The molecule has 4 aromatic rings. The minimum absolute atomic E-state index is 0.131. The molecule has 6 heteroatoms. The van der Waals surface area contributed by atoms with Gasteiger partial charge in [-0.3, -0.25) is 14.0 Å². The van der Waals surface area contributed by atoms with Crippen LogP contribution in [0.1, 0.15) is 50.5 Å². The maximum Gasteiger partial charge on any atom is 0.248 e. The Kier molecular flexibility index (Phi) is 5.82. The molecular formula is C27H28N4O2. The summed E-state index contributed by atoms with van der Waals surface area (Å²) >= 11 is 0. The van der Waals surface area contributed by atoms with Gasteiger partial charge < -0.3 is 10.3 Å². The van der Waals surface area contributed by atoms with Gasteiger partial charge in [-0.2, -0.15) is 0 Å². The molecule has 5 rings (SSSR count). The third-order valence-corrected chi connectivity index (χ3v) is 6.81. The number of hydrogen-bond acceptors (Lipinski definition) is 4. The molecule has 0 saturated heterocycles. The Bertz CT molecular complexity index is 1330. The van der Waals surface area contributed by atoms with Crippen molar-refractivity contribution in [2.24, 2.45) is 5.92 Å². The van der Waals surface area contributed by atoms with Gasteiger partial charge in [-0.15, -0.1) is 0 Å². The number of anilines is 2. The van der Waals surface area contributed by atoms with Crippen molar-refractivity contribution < 1.29 is 4.79 Å². The van der Waals surface area contributed by atoms with Crippen LogP contribution in [0, 0.1) is 5.92 Å². The quantitative estimate of drug-likeness (QED) is 0.404. The predicted molar refractivity (Wildman–Crippen MR) is 131 cm³/mol. The number of aromatic amines is 1. The van der Waals surface area contributed by atoms with E-state index in [-0.39, 0.29) is 11.5 Å². The van der Waals surface area contributed by atoms with Crippen molar-refractivity contribution in [3.63, 3.8) is 0 Å². The number of pyridine rings is 2. The number of nitrogens with one attached hydrogen (secondary N) is 2.